The zero-order valence-electron chi connectivity index (χ0n) is 22.6. The molecule has 3 aromatic rings. The van der Waals surface area contributed by atoms with Crippen LogP contribution in [-0.2, 0) is 20.8 Å². The Bertz CT molecular complexity index is 1420. The maximum absolute atomic E-state index is 14.4. The van der Waals surface area contributed by atoms with Crippen molar-refractivity contribution in [3.8, 4) is 0 Å². The van der Waals surface area contributed by atoms with E-state index in [1.54, 1.807) is 48.7 Å². The summed E-state index contributed by atoms with van der Waals surface area (Å²) in [5, 5.41) is 10.1. The van der Waals surface area contributed by atoms with Gasteiger partial charge < -0.3 is 5.41 Å². The van der Waals surface area contributed by atoms with Gasteiger partial charge in [0.2, 0.25) is 5.91 Å². The normalized spacial score (nSPS) is 15.8. The molecule has 2 heterocycles. The van der Waals surface area contributed by atoms with Gasteiger partial charge in [0.25, 0.3) is 11.8 Å². The lowest BCUT2D eigenvalue weighted by Crippen LogP contribution is -2.63. The summed E-state index contributed by atoms with van der Waals surface area (Å²) in [7, 11) is 0. The molecule has 1 aromatic heterocycles. The van der Waals surface area contributed by atoms with E-state index >= 15 is 0 Å². The van der Waals surface area contributed by atoms with Crippen molar-refractivity contribution < 1.29 is 19.2 Å². The third-order valence-electron chi connectivity index (χ3n) is 6.65. The molecule has 0 radical (unpaired) electrons. The van der Waals surface area contributed by atoms with Crippen LogP contribution in [0.5, 0.6) is 0 Å². The van der Waals surface area contributed by atoms with Gasteiger partial charge in [0.05, 0.1) is 11.9 Å². The second kappa shape index (κ2) is 12.3. The molecule has 204 valence electrons. The fourth-order valence-electron chi connectivity index (χ4n) is 4.81. The number of nitrogens with zero attached hydrogens (tertiary/aromatic N) is 4. The van der Waals surface area contributed by atoms with Gasteiger partial charge in [-0.25, -0.2) is 10.0 Å². The first kappa shape index (κ1) is 28.1. The number of aromatic nitrogens is 1. The van der Waals surface area contributed by atoms with Crippen LogP contribution in [0.25, 0.3) is 5.70 Å². The van der Waals surface area contributed by atoms with Gasteiger partial charge in [-0.3, -0.25) is 29.1 Å². The van der Waals surface area contributed by atoms with Crippen molar-refractivity contribution in [2.24, 2.45) is 5.92 Å². The summed E-state index contributed by atoms with van der Waals surface area (Å²) in [6.07, 6.45) is 3.80. The highest BCUT2D eigenvalue weighted by molar-refractivity contribution is 6.29. The van der Waals surface area contributed by atoms with Crippen molar-refractivity contribution >= 4 is 35.4 Å². The Balaban J connectivity index is 1.92. The highest BCUT2D eigenvalue weighted by Gasteiger charge is 2.46. The summed E-state index contributed by atoms with van der Waals surface area (Å²) < 4.78 is 0. The molecule has 9 nitrogen and oxygen atoms in total. The van der Waals surface area contributed by atoms with E-state index in [9.17, 15) is 19.2 Å². The molecule has 0 fully saturated rings. The summed E-state index contributed by atoms with van der Waals surface area (Å²) in [6, 6.07) is 20.8. The molecule has 2 aromatic carbocycles. The minimum atomic E-state index is -1.17. The third-order valence-corrected chi connectivity index (χ3v) is 6.65. The number of carbonyl (C=O) groups excluding carboxylic acids is 4. The highest BCUT2D eigenvalue weighted by atomic mass is 16.2. The molecule has 40 heavy (non-hydrogen) atoms. The van der Waals surface area contributed by atoms with Crippen molar-refractivity contribution in [3.63, 3.8) is 0 Å². The number of hydrazine groups is 1. The molecule has 2 atom stereocenters. The number of hydrogen-bond acceptors (Lipinski definition) is 6. The van der Waals surface area contributed by atoms with E-state index in [0.717, 1.165) is 10.6 Å². The van der Waals surface area contributed by atoms with E-state index in [0.29, 0.717) is 11.8 Å². The van der Waals surface area contributed by atoms with E-state index in [1.165, 1.54) is 23.0 Å². The van der Waals surface area contributed by atoms with Crippen LogP contribution in [0.2, 0.25) is 0 Å². The number of rotatable bonds is 9. The van der Waals surface area contributed by atoms with E-state index in [2.05, 4.69) is 4.98 Å². The minimum absolute atomic E-state index is 0.0867. The van der Waals surface area contributed by atoms with Crippen molar-refractivity contribution in [2.45, 2.75) is 39.3 Å². The summed E-state index contributed by atoms with van der Waals surface area (Å²) in [6.45, 7) is 4.90. The van der Waals surface area contributed by atoms with Gasteiger partial charge in [-0.15, -0.1) is 0 Å². The summed E-state index contributed by atoms with van der Waals surface area (Å²) in [5.74, 6) is -2.56. The molecule has 0 bridgehead atoms. The van der Waals surface area contributed by atoms with E-state index < -0.39 is 35.6 Å². The molecule has 0 saturated heterocycles. The standard InChI is InChI=1S/C31H31N5O4/c1-21(2)29-31(40)36(35(22(3)37)26(28(38)19-32)18-23-12-6-4-7-13-23)27(24-14-8-5-9-15-24)20-34(29)30(39)25-16-10-11-17-33-25/h4-17,19-21,26,29,32H,18H2,1-3H3/t26-,29?/m0/s1. The Morgan fingerprint density at radius 2 is 1.60 bits per heavy atom. The van der Waals surface area contributed by atoms with Crippen LogP contribution in [-0.4, -0.2) is 61.7 Å². The minimum Gasteiger partial charge on any atom is -0.305 e. The Kier molecular flexibility index (Phi) is 8.63. The van der Waals surface area contributed by atoms with Gasteiger partial charge in [0, 0.05) is 31.3 Å². The number of nitrogens with one attached hydrogen (secondary N) is 1. The smallest absolute Gasteiger partial charge is 0.277 e. The van der Waals surface area contributed by atoms with E-state index in [4.69, 9.17) is 5.41 Å². The number of hydrogen-bond donors (Lipinski definition) is 1. The van der Waals surface area contributed by atoms with Crippen LogP contribution in [0.3, 0.4) is 0 Å². The lowest BCUT2D eigenvalue weighted by atomic mass is 9.96. The third kappa shape index (κ3) is 5.73. The van der Waals surface area contributed by atoms with E-state index in [1.807, 2.05) is 50.2 Å². The van der Waals surface area contributed by atoms with Crippen LogP contribution in [0.1, 0.15) is 42.4 Å². The van der Waals surface area contributed by atoms with Crippen LogP contribution < -0.4 is 0 Å². The molecular weight excluding hydrogens is 506 g/mol. The molecule has 1 aliphatic heterocycles. The second-order valence-electron chi connectivity index (χ2n) is 9.76. The maximum Gasteiger partial charge on any atom is 0.277 e. The average molecular weight is 538 g/mol. The van der Waals surface area contributed by atoms with Gasteiger partial charge in [-0.2, -0.15) is 0 Å². The number of carbonyl (C=O) groups is 4. The maximum atomic E-state index is 14.4. The number of Topliss-reactive ketones (excluding diaryl/α,β-unsaturated/α-hetero) is 1. The molecule has 0 aliphatic carbocycles. The molecule has 4 rings (SSSR count). The van der Waals surface area contributed by atoms with Gasteiger partial charge in [0.15, 0.2) is 5.78 Å². The molecule has 9 heteroatoms. The number of amides is 3. The fraction of sp³-hybridized carbons (Fsp3) is 0.226. The Morgan fingerprint density at radius 1 is 0.975 bits per heavy atom. The predicted molar refractivity (Wildman–Crippen MR) is 151 cm³/mol. The number of benzene rings is 2. The molecule has 1 N–H and O–H groups in total. The Morgan fingerprint density at radius 3 is 2.15 bits per heavy atom. The molecule has 1 aliphatic rings. The zero-order chi connectivity index (χ0) is 28.8. The first-order valence-electron chi connectivity index (χ1n) is 13.0. The number of ketones is 1. The fourth-order valence-corrected chi connectivity index (χ4v) is 4.81. The van der Waals surface area contributed by atoms with Crippen LogP contribution in [0.4, 0.5) is 0 Å². The van der Waals surface area contributed by atoms with Crippen LogP contribution in [0, 0.1) is 11.3 Å². The van der Waals surface area contributed by atoms with Crippen LogP contribution in [0.15, 0.2) is 91.3 Å². The predicted octanol–water partition coefficient (Wildman–Crippen LogP) is 3.98. The first-order chi connectivity index (χ1) is 19.2. The summed E-state index contributed by atoms with van der Waals surface area (Å²) in [4.78, 5) is 60.1. The quantitative estimate of drug-likeness (QED) is 0.415. The summed E-state index contributed by atoms with van der Waals surface area (Å²) in [5.41, 5.74) is 1.74. The van der Waals surface area contributed by atoms with Crippen molar-refractivity contribution in [2.75, 3.05) is 0 Å². The van der Waals surface area contributed by atoms with Gasteiger partial charge >= 0.3 is 0 Å². The molecule has 3 amide bonds. The monoisotopic (exact) mass is 537 g/mol. The number of pyridine rings is 1. The molecular formula is C31H31N5O4. The highest BCUT2D eigenvalue weighted by Crippen LogP contribution is 2.33. The topological polar surface area (TPSA) is 115 Å². The first-order valence-corrected chi connectivity index (χ1v) is 13.0. The lowest BCUT2D eigenvalue weighted by molar-refractivity contribution is -0.165. The second-order valence-corrected chi connectivity index (χ2v) is 9.76. The Hall–Kier alpha value is -4.92. The van der Waals surface area contributed by atoms with Crippen LogP contribution >= 0.6 is 0 Å². The van der Waals surface area contributed by atoms with Gasteiger partial charge in [-0.1, -0.05) is 80.6 Å². The molecule has 1 unspecified atom stereocenters. The van der Waals surface area contributed by atoms with Crippen molar-refractivity contribution in [1.82, 2.24) is 19.9 Å². The van der Waals surface area contributed by atoms with E-state index in [-0.39, 0.29) is 23.7 Å². The van der Waals surface area contributed by atoms with Gasteiger partial charge in [-0.05, 0) is 23.6 Å². The molecule has 0 saturated carbocycles. The average Bonchev–Trinajstić information content (AvgIpc) is 2.97. The molecule has 0 spiro atoms. The zero-order valence-corrected chi connectivity index (χ0v) is 22.6. The lowest BCUT2D eigenvalue weighted by Gasteiger charge is -2.46. The summed E-state index contributed by atoms with van der Waals surface area (Å²) >= 11 is 0. The largest absolute Gasteiger partial charge is 0.305 e. The SMILES string of the molecule is CC(=O)N([C@@H](Cc1ccccc1)C(=O)C=N)N1C(=O)C(C(C)C)N(C(=O)c2ccccn2)C=C1c1ccccc1. The van der Waals surface area contributed by atoms with Crippen molar-refractivity contribution in [1.29, 1.82) is 5.41 Å². The Labute approximate surface area is 233 Å². The van der Waals surface area contributed by atoms with Gasteiger partial charge in [0.1, 0.15) is 17.8 Å². The van der Waals surface area contributed by atoms with Crippen molar-refractivity contribution in [3.05, 3.63) is 108 Å².